The molecule has 4 N–H and O–H groups in total. The van der Waals surface area contributed by atoms with Crippen molar-refractivity contribution in [2.45, 2.75) is 19.3 Å². The molecule has 2 aliphatic rings. The summed E-state index contributed by atoms with van der Waals surface area (Å²) in [6, 6.07) is 0. The molecule has 0 aromatic carbocycles. The van der Waals surface area contributed by atoms with Crippen LogP contribution in [0.15, 0.2) is 0 Å². The molecule has 19 heavy (non-hydrogen) atoms. The number of nitrogens with one attached hydrogen (secondary N) is 3. The highest BCUT2D eigenvalue weighted by molar-refractivity contribution is 5.88. The van der Waals surface area contributed by atoms with Gasteiger partial charge in [-0.1, -0.05) is 0 Å². The van der Waals surface area contributed by atoms with Crippen molar-refractivity contribution in [2.75, 3.05) is 26.2 Å². The van der Waals surface area contributed by atoms with E-state index in [1.54, 1.807) is 0 Å². The lowest BCUT2D eigenvalue weighted by Crippen LogP contribution is -2.40. The minimum atomic E-state index is -1.10. The van der Waals surface area contributed by atoms with Crippen LogP contribution in [-0.4, -0.2) is 49.1 Å². The number of aliphatic carboxylic acids is 1. The maximum Gasteiger partial charge on any atom is 0.322 e. The van der Waals surface area contributed by atoms with Crippen LogP contribution < -0.4 is 16.0 Å². The summed E-state index contributed by atoms with van der Waals surface area (Å²) in [5.41, 5.74) is 0.146. The number of hydrogen-bond donors (Lipinski definition) is 4. The monoisotopic (exact) mass is 269 g/mol. The van der Waals surface area contributed by atoms with Gasteiger partial charge in [0.15, 0.2) is 0 Å². The fourth-order valence-electron chi connectivity index (χ4n) is 2.72. The van der Waals surface area contributed by atoms with Gasteiger partial charge in [0, 0.05) is 5.92 Å². The Bertz CT molecular complexity index is 390. The van der Waals surface area contributed by atoms with Crippen molar-refractivity contribution in [1.29, 1.82) is 0 Å². The van der Waals surface area contributed by atoms with Crippen LogP contribution in [-0.2, 0) is 14.4 Å². The molecule has 1 spiro atoms. The number of carboxylic acid groups (broad SMARTS) is 1. The molecule has 1 saturated heterocycles. The Morgan fingerprint density at radius 1 is 1.16 bits per heavy atom. The van der Waals surface area contributed by atoms with Gasteiger partial charge in [0.2, 0.25) is 11.8 Å². The maximum absolute atomic E-state index is 11.9. The van der Waals surface area contributed by atoms with E-state index in [2.05, 4.69) is 16.0 Å². The third kappa shape index (κ3) is 3.44. The van der Waals surface area contributed by atoms with Crippen LogP contribution >= 0.6 is 0 Å². The lowest BCUT2D eigenvalue weighted by molar-refractivity contribution is -0.137. The van der Waals surface area contributed by atoms with E-state index in [1.807, 2.05) is 0 Å². The van der Waals surface area contributed by atoms with Crippen molar-refractivity contribution in [3.05, 3.63) is 0 Å². The standard InChI is InChI=1S/C12H19N3O4/c16-9(14-7-10(17)18)6-15-11(19)8-5-12(8)1-3-13-4-2-12/h8,13H,1-7H2,(H,14,16)(H,15,19)(H,17,18). The molecule has 0 bridgehead atoms. The summed E-state index contributed by atoms with van der Waals surface area (Å²) in [5.74, 6) is -1.65. The normalized spacial score (nSPS) is 23.7. The van der Waals surface area contributed by atoms with Crippen molar-refractivity contribution in [2.24, 2.45) is 11.3 Å². The molecule has 0 aromatic heterocycles. The number of hydrogen-bond acceptors (Lipinski definition) is 4. The number of carbonyl (C=O) groups is 3. The van der Waals surface area contributed by atoms with E-state index in [-0.39, 0.29) is 23.8 Å². The summed E-state index contributed by atoms with van der Waals surface area (Å²) in [4.78, 5) is 33.4. The van der Waals surface area contributed by atoms with Gasteiger partial charge in [0.25, 0.3) is 0 Å². The second kappa shape index (κ2) is 5.56. The zero-order valence-corrected chi connectivity index (χ0v) is 10.7. The predicted octanol–water partition coefficient (Wildman–Crippen LogP) is -1.31. The van der Waals surface area contributed by atoms with E-state index in [0.717, 1.165) is 32.4 Å². The first-order valence-electron chi connectivity index (χ1n) is 6.50. The summed E-state index contributed by atoms with van der Waals surface area (Å²) in [6.45, 7) is 1.32. The molecule has 7 heteroatoms. The third-order valence-electron chi connectivity index (χ3n) is 3.97. The molecule has 1 unspecified atom stereocenters. The SMILES string of the molecule is O=C(O)CNC(=O)CNC(=O)C1CC12CCNCC2. The minimum Gasteiger partial charge on any atom is -0.480 e. The van der Waals surface area contributed by atoms with Gasteiger partial charge in [-0.2, -0.15) is 0 Å². The van der Waals surface area contributed by atoms with E-state index in [1.165, 1.54) is 0 Å². The molecule has 1 saturated carbocycles. The topological polar surface area (TPSA) is 108 Å². The Morgan fingerprint density at radius 3 is 2.47 bits per heavy atom. The Kier molecular flexibility index (Phi) is 4.04. The lowest BCUT2D eigenvalue weighted by atomic mass is 9.92. The molecule has 0 aromatic rings. The fourth-order valence-corrected chi connectivity index (χ4v) is 2.72. The minimum absolute atomic E-state index is 0.0156. The predicted molar refractivity (Wildman–Crippen MR) is 66.3 cm³/mol. The van der Waals surface area contributed by atoms with E-state index >= 15 is 0 Å². The van der Waals surface area contributed by atoms with Crippen LogP contribution in [0.1, 0.15) is 19.3 Å². The van der Waals surface area contributed by atoms with Gasteiger partial charge >= 0.3 is 5.97 Å². The number of piperidine rings is 1. The molecule has 2 rings (SSSR count). The first-order valence-corrected chi connectivity index (χ1v) is 6.50. The summed E-state index contributed by atoms with van der Waals surface area (Å²) in [7, 11) is 0. The summed E-state index contributed by atoms with van der Waals surface area (Å²) >= 11 is 0. The van der Waals surface area contributed by atoms with Crippen molar-refractivity contribution < 1.29 is 19.5 Å². The number of carboxylic acids is 1. The van der Waals surface area contributed by atoms with Crippen molar-refractivity contribution in [1.82, 2.24) is 16.0 Å². The quantitative estimate of drug-likeness (QED) is 0.496. The zero-order chi connectivity index (χ0) is 13.9. The van der Waals surface area contributed by atoms with E-state index in [4.69, 9.17) is 5.11 Å². The van der Waals surface area contributed by atoms with Gasteiger partial charge in [0.05, 0.1) is 6.54 Å². The number of rotatable bonds is 5. The Labute approximate surface area is 111 Å². The molecule has 1 atom stereocenters. The van der Waals surface area contributed by atoms with Crippen molar-refractivity contribution in [3.8, 4) is 0 Å². The molecule has 1 aliphatic heterocycles. The second-order valence-corrected chi connectivity index (χ2v) is 5.26. The molecule has 2 amide bonds. The number of amides is 2. The molecular weight excluding hydrogens is 250 g/mol. The molecule has 1 heterocycles. The second-order valence-electron chi connectivity index (χ2n) is 5.26. The van der Waals surface area contributed by atoms with Crippen molar-refractivity contribution in [3.63, 3.8) is 0 Å². The maximum atomic E-state index is 11.9. The van der Waals surface area contributed by atoms with Gasteiger partial charge in [-0.15, -0.1) is 0 Å². The van der Waals surface area contributed by atoms with Gasteiger partial charge in [-0.05, 0) is 37.8 Å². The molecular formula is C12H19N3O4. The Balaban J connectivity index is 1.68. The van der Waals surface area contributed by atoms with Crippen LogP contribution in [0.5, 0.6) is 0 Å². The van der Waals surface area contributed by atoms with Crippen LogP contribution in [0.25, 0.3) is 0 Å². The van der Waals surface area contributed by atoms with Gasteiger partial charge < -0.3 is 21.1 Å². The van der Waals surface area contributed by atoms with E-state index in [9.17, 15) is 14.4 Å². The van der Waals surface area contributed by atoms with E-state index < -0.39 is 18.4 Å². The van der Waals surface area contributed by atoms with Crippen LogP contribution in [0.2, 0.25) is 0 Å². The van der Waals surface area contributed by atoms with Crippen molar-refractivity contribution >= 4 is 17.8 Å². The average molecular weight is 269 g/mol. The first kappa shape index (κ1) is 13.8. The summed E-state index contributed by atoms with van der Waals surface area (Å²) in [6.07, 6.45) is 2.92. The molecule has 7 nitrogen and oxygen atoms in total. The van der Waals surface area contributed by atoms with Crippen LogP contribution in [0, 0.1) is 11.3 Å². The van der Waals surface area contributed by atoms with E-state index in [0.29, 0.717) is 0 Å². The largest absolute Gasteiger partial charge is 0.480 e. The molecule has 1 aliphatic carbocycles. The summed E-state index contributed by atoms with van der Waals surface area (Å²) in [5, 5.41) is 16.4. The number of carbonyl (C=O) groups excluding carboxylic acids is 2. The fraction of sp³-hybridized carbons (Fsp3) is 0.750. The first-order chi connectivity index (χ1) is 9.03. The molecule has 2 fully saturated rings. The van der Waals surface area contributed by atoms with Crippen LogP contribution in [0.3, 0.4) is 0 Å². The highest BCUT2D eigenvalue weighted by atomic mass is 16.4. The average Bonchev–Trinajstić information content (AvgIpc) is 3.08. The Hall–Kier alpha value is -1.63. The molecule has 106 valence electrons. The van der Waals surface area contributed by atoms with Gasteiger partial charge in [-0.3, -0.25) is 14.4 Å². The highest BCUT2D eigenvalue weighted by Crippen LogP contribution is 2.58. The zero-order valence-electron chi connectivity index (χ0n) is 10.7. The smallest absolute Gasteiger partial charge is 0.322 e. The summed E-state index contributed by atoms with van der Waals surface area (Å²) < 4.78 is 0. The van der Waals surface area contributed by atoms with Crippen LogP contribution in [0.4, 0.5) is 0 Å². The lowest BCUT2D eigenvalue weighted by Gasteiger charge is -2.23. The highest BCUT2D eigenvalue weighted by Gasteiger charge is 2.57. The molecule has 0 radical (unpaired) electrons. The van der Waals surface area contributed by atoms with Gasteiger partial charge in [-0.25, -0.2) is 0 Å². The van der Waals surface area contributed by atoms with Gasteiger partial charge in [0.1, 0.15) is 6.54 Å². The Morgan fingerprint density at radius 2 is 1.84 bits per heavy atom. The third-order valence-corrected chi connectivity index (χ3v) is 3.97.